The first kappa shape index (κ1) is 33.9. The molecule has 34 heavy (non-hydrogen) atoms. The summed E-state index contributed by atoms with van der Waals surface area (Å²) in [6.07, 6.45) is 4.97. The molecule has 0 bridgehead atoms. The Labute approximate surface area is 219 Å². The van der Waals surface area contributed by atoms with Crippen molar-refractivity contribution < 1.29 is 42.7 Å². The van der Waals surface area contributed by atoms with Gasteiger partial charge in [0.2, 0.25) is 0 Å². The molecule has 0 heterocycles. The Morgan fingerprint density at radius 3 is 1.26 bits per heavy atom. The molecule has 0 saturated heterocycles. The third-order valence-corrected chi connectivity index (χ3v) is 4.81. The number of halogens is 1. The second-order valence-corrected chi connectivity index (χ2v) is 9.50. The van der Waals surface area contributed by atoms with Gasteiger partial charge in [-0.05, 0) is 38.0 Å². The number of unbranched alkanes of at least 4 members (excludes halogenated alkanes) is 3. The molecule has 0 aliphatic carbocycles. The van der Waals surface area contributed by atoms with E-state index in [2.05, 4.69) is 22.6 Å². The molecule has 204 valence electrons. The van der Waals surface area contributed by atoms with Gasteiger partial charge in [-0.1, -0.05) is 35.4 Å². The van der Waals surface area contributed by atoms with Crippen molar-refractivity contribution in [3.8, 4) is 0 Å². The molecule has 0 aromatic heterocycles. The summed E-state index contributed by atoms with van der Waals surface area (Å²) in [7, 11) is 0. The normalized spacial score (nSPS) is 11.8. The lowest BCUT2D eigenvalue weighted by Crippen LogP contribution is -2.27. The van der Waals surface area contributed by atoms with Gasteiger partial charge in [0.1, 0.15) is 12.2 Å². The minimum atomic E-state index is -0.498. The fraction of sp³-hybridized carbons (Fsp3) is 0.958. The molecule has 0 spiro atoms. The molecule has 0 rings (SSSR count). The van der Waals surface area contributed by atoms with Crippen molar-refractivity contribution in [1.29, 1.82) is 0 Å². The van der Waals surface area contributed by atoms with Gasteiger partial charge >= 0.3 is 5.97 Å². The summed E-state index contributed by atoms with van der Waals surface area (Å²) in [6.45, 7) is 12.3. The van der Waals surface area contributed by atoms with Gasteiger partial charge in [0.15, 0.2) is 0 Å². The summed E-state index contributed by atoms with van der Waals surface area (Å²) in [4.78, 5) is 11.5. The van der Waals surface area contributed by atoms with E-state index in [4.69, 9.17) is 37.9 Å². The Hall–Kier alpha value is -0.0800. The SMILES string of the molecule is CC(C)(C)OC(=O)COCCOCCOCCOCCOCCOCCOCCCCCCI. The van der Waals surface area contributed by atoms with Gasteiger partial charge < -0.3 is 37.9 Å². The van der Waals surface area contributed by atoms with Crippen LogP contribution in [0.5, 0.6) is 0 Å². The second-order valence-electron chi connectivity index (χ2n) is 8.42. The van der Waals surface area contributed by atoms with Crippen molar-refractivity contribution in [2.24, 2.45) is 0 Å². The molecule has 0 radical (unpaired) electrons. The summed E-state index contributed by atoms with van der Waals surface area (Å²) in [5.74, 6) is -0.376. The Morgan fingerprint density at radius 1 is 0.529 bits per heavy atom. The van der Waals surface area contributed by atoms with Crippen molar-refractivity contribution >= 4 is 28.6 Å². The Bertz CT molecular complexity index is 433. The van der Waals surface area contributed by atoms with Gasteiger partial charge in [-0.25, -0.2) is 4.79 Å². The molecular formula is C24H47IO9. The van der Waals surface area contributed by atoms with Crippen molar-refractivity contribution in [3.63, 3.8) is 0 Å². The van der Waals surface area contributed by atoms with E-state index in [1.165, 1.54) is 23.7 Å². The molecule has 10 heteroatoms. The van der Waals surface area contributed by atoms with Crippen LogP contribution >= 0.6 is 22.6 Å². The van der Waals surface area contributed by atoms with E-state index in [0.29, 0.717) is 79.3 Å². The van der Waals surface area contributed by atoms with E-state index in [9.17, 15) is 4.79 Å². The van der Waals surface area contributed by atoms with Gasteiger partial charge in [0.25, 0.3) is 0 Å². The highest BCUT2D eigenvalue weighted by atomic mass is 127. The zero-order valence-corrected chi connectivity index (χ0v) is 23.6. The van der Waals surface area contributed by atoms with Crippen LogP contribution in [0.2, 0.25) is 0 Å². The lowest BCUT2D eigenvalue weighted by Gasteiger charge is -2.19. The average Bonchev–Trinajstić information content (AvgIpc) is 2.78. The van der Waals surface area contributed by atoms with Crippen LogP contribution in [0, 0.1) is 0 Å². The van der Waals surface area contributed by atoms with Crippen molar-refractivity contribution in [2.75, 3.05) is 96.9 Å². The minimum absolute atomic E-state index is 0.0701. The second kappa shape index (κ2) is 26.0. The van der Waals surface area contributed by atoms with Crippen molar-refractivity contribution in [2.45, 2.75) is 52.1 Å². The van der Waals surface area contributed by atoms with Gasteiger partial charge in [0, 0.05) is 6.61 Å². The lowest BCUT2D eigenvalue weighted by atomic mass is 10.2. The van der Waals surface area contributed by atoms with E-state index < -0.39 is 5.60 Å². The molecule has 0 aliphatic rings. The van der Waals surface area contributed by atoms with Crippen LogP contribution in [0.25, 0.3) is 0 Å². The Morgan fingerprint density at radius 2 is 0.882 bits per heavy atom. The first-order chi connectivity index (χ1) is 16.5. The number of alkyl halides is 1. The fourth-order valence-corrected chi connectivity index (χ4v) is 3.04. The van der Waals surface area contributed by atoms with Gasteiger partial charge in [-0.2, -0.15) is 0 Å². The maximum absolute atomic E-state index is 11.5. The zero-order valence-electron chi connectivity index (χ0n) is 21.5. The molecule has 0 atom stereocenters. The van der Waals surface area contributed by atoms with Crippen molar-refractivity contribution in [3.05, 3.63) is 0 Å². The van der Waals surface area contributed by atoms with E-state index in [1.54, 1.807) is 0 Å². The Balaban J connectivity index is 3.10. The highest BCUT2D eigenvalue weighted by molar-refractivity contribution is 14.1. The largest absolute Gasteiger partial charge is 0.458 e. The number of esters is 1. The number of hydrogen-bond donors (Lipinski definition) is 0. The van der Waals surface area contributed by atoms with E-state index in [-0.39, 0.29) is 12.6 Å². The maximum atomic E-state index is 11.5. The first-order valence-electron chi connectivity index (χ1n) is 12.3. The minimum Gasteiger partial charge on any atom is -0.458 e. The highest BCUT2D eigenvalue weighted by Crippen LogP contribution is 2.06. The number of rotatable bonds is 26. The molecule has 9 nitrogen and oxygen atoms in total. The summed E-state index contributed by atoms with van der Waals surface area (Å²) in [5, 5.41) is 0. The predicted octanol–water partition coefficient (Wildman–Crippen LogP) is 3.44. The van der Waals surface area contributed by atoms with Crippen LogP contribution in [0.4, 0.5) is 0 Å². The quantitative estimate of drug-likeness (QED) is 0.0636. The monoisotopic (exact) mass is 606 g/mol. The van der Waals surface area contributed by atoms with Gasteiger partial charge in [0.05, 0.1) is 79.3 Å². The van der Waals surface area contributed by atoms with E-state index >= 15 is 0 Å². The van der Waals surface area contributed by atoms with E-state index in [1.807, 2.05) is 20.8 Å². The number of carbonyl (C=O) groups is 1. The van der Waals surface area contributed by atoms with Crippen LogP contribution in [-0.4, -0.2) is 108 Å². The summed E-state index contributed by atoms with van der Waals surface area (Å²) in [6, 6.07) is 0. The average molecular weight is 607 g/mol. The number of ether oxygens (including phenoxy) is 8. The molecular weight excluding hydrogens is 559 g/mol. The zero-order chi connectivity index (χ0) is 25.2. The summed E-state index contributed by atoms with van der Waals surface area (Å²) in [5.41, 5.74) is -0.498. The lowest BCUT2D eigenvalue weighted by molar-refractivity contribution is -0.160. The molecule has 0 aromatic rings. The van der Waals surface area contributed by atoms with Gasteiger partial charge in [-0.15, -0.1) is 0 Å². The molecule has 0 unspecified atom stereocenters. The molecule has 0 saturated carbocycles. The molecule has 0 aromatic carbocycles. The third kappa shape index (κ3) is 30.0. The van der Waals surface area contributed by atoms with Crippen LogP contribution in [-0.2, 0) is 42.7 Å². The predicted molar refractivity (Wildman–Crippen MR) is 139 cm³/mol. The van der Waals surface area contributed by atoms with Crippen LogP contribution in [0.15, 0.2) is 0 Å². The summed E-state index contributed by atoms with van der Waals surface area (Å²) >= 11 is 2.42. The topological polar surface area (TPSA) is 90.9 Å². The standard InChI is InChI=1S/C24H47IO9/c1-24(2,3)34-23(26)22-33-21-20-32-19-18-31-17-16-30-15-14-29-13-12-28-11-10-27-9-7-5-4-6-8-25/h4-22H2,1-3H3. The highest BCUT2D eigenvalue weighted by Gasteiger charge is 2.15. The number of carbonyl (C=O) groups excluding carboxylic acids is 1. The third-order valence-electron chi connectivity index (χ3n) is 4.04. The van der Waals surface area contributed by atoms with Crippen LogP contribution in [0.1, 0.15) is 46.5 Å². The fourth-order valence-electron chi connectivity index (χ4n) is 2.50. The van der Waals surface area contributed by atoms with E-state index in [0.717, 1.165) is 13.0 Å². The maximum Gasteiger partial charge on any atom is 0.332 e. The Kier molecular flexibility index (Phi) is 25.9. The van der Waals surface area contributed by atoms with Crippen LogP contribution < -0.4 is 0 Å². The van der Waals surface area contributed by atoms with Crippen molar-refractivity contribution in [1.82, 2.24) is 0 Å². The molecule has 0 fully saturated rings. The molecule has 0 aliphatic heterocycles. The molecule has 0 amide bonds. The molecule has 0 N–H and O–H groups in total. The van der Waals surface area contributed by atoms with Crippen LogP contribution in [0.3, 0.4) is 0 Å². The summed E-state index contributed by atoms with van der Waals surface area (Å²) < 4.78 is 44.3. The first-order valence-corrected chi connectivity index (χ1v) is 13.8. The van der Waals surface area contributed by atoms with Gasteiger partial charge in [-0.3, -0.25) is 0 Å². The smallest absolute Gasteiger partial charge is 0.332 e. The number of hydrogen-bond acceptors (Lipinski definition) is 9.